The SMILES string of the molecule is Cc1ccc(S(=O)(=O)N2CCOCC2)cc1NC(=O)Cc1csc(-c2ccc(F)cc2)n1. The van der Waals surface area contributed by atoms with Crippen molar-refractivity contribution >= 4 is 33.0 Å². The van der Waals surface area contributed by atoms with Crippen LogP contribution in [-0.4, -0.2) is 49.9 Å². The van der Waals surface area contributed by atoms with Gasteiger partial charge < -0.3 is 10.1 Å². The van der Waals surface area contributed by atoms with Crippen molar-refractivity contribution in [1.29, 1.82) is 0 Å². The molecule has 4 rings (SSSR count). The molecule has 0 aliphatic carbocycles. The number of nitrogens with zero attached hydrogens (tertiary/aromatic N) is 2. The van der Waals surface area contributed by atoms with Gasteiger partial charge in [0.2, 0.25) is 15.9 Å². The molecule has 2 aromatic carbocycles. The van der Waals surface area contributed by atoms with Crippen molar-refractivity contribution in [3.05, 3.63) is 64.9 Å². The number of ether oxygens (including phenoxy) is 1. The summed E-state index contributed by atoms with van der Waals surface area (Å²) in [7, 11) is -3.66. The fraction of sp³-hybridized carbons (Fsp3) is 0.273. The van der Waals surface area contributed by atoms with Crippen LogP contribution >= 0.6 is 11.3 Å². The molecule has 168 valence electrons. The second-order valence-corrected chi connectivity index (χ2v) is 10.2. The highest BCUT2D eigenvalue weighted by molar-refractivity contribution is 7.89. The Morgan fingerprint density at radius 1 is 1.19 bits per heavy atom. The minimum Gasteiger partial charge on any atom is -0.379 e. The summed E-state index contributed by atoms with van der Waals surface area (Å²) in [6.45, 7) is 3.14. The van der Waals surface area contributed by atoms with E-state index in [9.17, 15) is 17.6 Å². The maximum absolute atomic E-state index is 13.1. The molecule has 10 heteroatoms. The average Bonchev–Trinajstić information content (AvgIpc) is 3.24. The van der Waals surface area contributed by atoms with Gasteiger partial charge in [0, 0.05) is 29.7 Å². The largest absolute Gasteiger partial charge is 0.379 e. The van der Waals surface area contributed by atoms with Crippen LogP contribution in [0.5, 0.6) is 0 Å². The highest BCUT2D eigenvalue weighted by Gasteiger charge is 2.27. The number of morpholine rings is 1. The lowest BCUT2D eigenvalue weighted by Crippen LogP contribution is -2.40. The van der Waals surface area contributed by atoms with Gasteiger partial charge in [0.05, 0.1) is 30.2 Å². The summed E-state index contributed by atoms with van der Waals surface area (Å²) in [5.74, 6) is -0.622. The molecule has 3 aromatic rings. The molecule has 7 nitrogen and oxygen atoms in total. The Balaban J connectivity index is 1.46. The quantitative estimate of drug-likeness (QED) is 0.590. The summed E-state index contributed by atoms with van der Waals surface area (Å²) in [5, 5.41) is 5.28. The van der Waals surface area contributed by atoms with Crippen LogP contribution < -0.4 is 5.32 Å². The van der Waals surface area contributed by atoms with Crippen molar-refractivity contribution in [3.8, 4) is 10.6 Å². The van der Waals surface area contributed by atoms with E-state index in [4.69, 9.17) is 4.74 Å². The molecule has 0 unspecified atom stereocenters. The van der Waals surface area contributed by atoms with Gasteiger partial charge in [-0.2, -0.15) is 4.31 Å². The normalized spacial score (nSPS) is 14.9. The number of carbonyl (C=O) groups excluding carboxylic acids is 1. The number of rotatable bonds is 6. The molecule has 0 atom stereocenters. The first-order valence-corrected chi connectivity index (χ1v) is 12.3. The Kier molecular flexibility index (Phi) is 6.66. The molecular weight excluding hydrogens is 453 g/mol. The Labute approximate surface area is 189 Å². The summed E-state index contributed by atoms with van der Waals surface area (Å²) >= 11 is 1.37. The van der Waals surface area contributed by atoms with E-state index < -0.39 is 10.0 Å². The third kappa shape index (κ3) is 5.04. The molecule has 1 fully saturated rings. The van der Waals surface area contributed by atoms with Crippen molar-refractivity contribution in [3.63, 3.8) is 0 Å². The number of halogens is 1. The fourth-order valence-corrected chi connectivity index (χ4v) is 5.56. The molecule has 32 heavy (non-hydrogen) atoms. The lowest BCUT2D eigenvalue weighted by atomic mass is 10.2. The molecule has 1 amide bonds. The van der Waals surface area contributed by atoms with Crippen LogP contribution in [0.2, 0.25) is 0 Å². The van der Waals surface area contributed by atoms with Crippen LogP contribution in [0.3, 0.4) is 0 Å². The zero-order chi connectivity index (χ0) is 22.7. The third-order valence-electron chi connectivity index (χ3n) is 5.08. The fourth-order valence-electron chi connectivity index (χ4n) is 3.30. The monoisotopic (exact) mass is 475 g/mol. The first-order valence-electron chi connectivity index (χ1n) is 10.0. The van der Waals surface area contributed by atoms with Crippen molar-refractivity contribution in [1.82, 2.24) is 9.29 Å². The first-order chi connectivity index (χ1) is 15.3. The van der Waals surface area contributed by atoms with Gasteiger partial charge >= 0.3 is 0 Å². The Morgan fingerprint density at radius 2 is 1.91 bits per heavy atom. The number of thiazole rings is 1. The number of benzene rings is 2. The standard InChI is InChI=1S/C22H22FN3O4S2/c1-15-2-7-19(32(28,29)26-8-10-30-11-9-26)13-20(15)25-21(27)12-18-14-31-22(24-18)16-3-5-17(23)6-4-16/h2-7,13-14H,8-12H2,1H3,(H,25,27). The predicted octanol–water partition coefficient (Wildman–Crippen LogP) is 3.46. The smallest absolute Gasteiger partial charge is 0.243 e. The van der Waals surface area contributed by atoms with Crippen molar-refractivity contribution in [2.75, 3.05) is 31.6 Å². The van der Waals surface area contributed by atoms with Crippen LogP contribution in [0.25, 0.3) is 10.6 Å². The van der Waals surface area contributed by atoms with Crippen LogP contribution in [0.4, 0.5) is 10.1 Å². The molecule has 1 aromatic heterocycles. The number of amides is 1. The number of sulfonamides is 1. The van der Waals surface area contributed by atoms with Crippen LogP contribution in [0.15, 0.2) is 52.7 Å². The number of hydrogen-bond acceptors (Lipinski definition) is 6. The van der Waals surface area contributed by atoms with E-state index in [1.54, 1.807) is 36.6 Å². The minimum absolute atomic E-state index is 0.0393. The third-order valence-corrected chi connectivity index (χ3v) is 7.91. The second-order valence-electron chi connectivity index (χ2n) is 7.37. The van der Waals surface area contributed by atoms with E-state index in [0.29, 0.717) is 42.7 Å². The van der Waals surface area contributed by atoms with E-state index in [1.165, 1.54) is 33.8 Å². The Hall–Kier alpha value is -2.66. The topological polar surface area (TPSA) is 88.6 Å². The van der Waals surface area contributed by atoms with Gasteiger partial charge in [-0.15, -0.1) is 11.3 Å². The Bertz CT molecular complexity index is 1220. The molecule has 1 saturated heterocycles. The molecule has 1 aliphatic rings. The van der Waals surface area contributed by atoms with Crippen LogP contribution in [0, 0.1) is 12.7 Å². The minimum atomic E-state index is -3.66. The predicted molar refractivity (Wildman–Crippen MR) is 121 cm³/mol. The zero-order valence-electron chi connectivity index (χ0n) is 17.4. The second kappa shape index (κ2) is 9.45. The number of aromatic nitrogens is 1. The molecule has 0 bridgehead atoms. The number of aryl methyl sites for hydroxylation is 1. The van der Waals surface area contributed by atoms with Gasteiger partial charge in [-0.25, -0.2) is 17.8 Å². The van der Waals surface area contributed by atoms with Crippen molar-refractivity contribution in [2.45, 2.75) is 18.2 Å². The summed E-state index contributed by atoms with van der Waals surface area (Å²) in [5.41, 5.74) is 2.56. The maximum Gasteiger partial charge on any atom is 0.243 e. The van der Waals surface area contributed by atoms with Gasteiger partial charge in [-0.3, -0.25) is 4.79 Å². The number of carbonyl (C=O) groups is 1. The zero-order valence-corrected chi connectivity index (χ0v) is 19.0. The summed E-state index contributed by atoms with van der Waals surface area (Å²) in [6, 6.07) is 10.7. The van der Waals surface area contributed by atoms with Crippen molar-refractivity contribution < 1.29 is 22.3 Å². The van der Waals surface area contributed by atoms with Gasteiger partial charge in [-0.1, -0.05) is 6.07 Å². The average molecular weight is 476 g/mol. The van der Waals surface area contributed by atoms with Crippen LogP contribution in [-0.2, 0) is 26.0 Å². The van der Waals surface area contributed by atoms with Gasteiger partial charge in [-0.05, 0) is 48.9 Å². The lowest BCUT2D eigenvalue weighted by molar-refractivity contribution is -0.115. The number of nitrogens with one attached hydrogen (secondary N) is 1. The van der Waals surface area contributed by atoms with E-state index >= 15 is 0 Å². The van der Waals surface area contributed by atoms with E-state index in [-0.39, 0.29) is 23.0 Å². The molecule has 1 aliphatic heterocycles. The van der Waals surface area contributed by atoms with Gasteiger partial charge in [0.1, 0.15) is 10.8 Å². The van der Waals surface area contributed by atoms with E-state index in [1.807, 2.05) is 0 Å². The molecule has 0 spiro atoms. The highest BCUT2D eigenvalue weighted by Crippen LogP contribution is 2.26. The van der Waals surface area contributed by atoms with Gasteiger partial charge in [0.25, 0.3) is 0 Å². The maximum atomic E-state index is 13.1. The molecular formula is C22H22FN3O4S2. The number of anilines is 1. The number of hydrogen-bond donors (Lipinski definition) is 1. The van der Waals surface area contributed by atoms with E-state index in [2.05, 4.69) is 10.3 Å². The Morgan fingerprint density at radius 3 is 2.62 bits per heavy atom. The summed E-state index contributed by atoms with van der Waals surface area (Å²) in [6.07, 6.45) is 0.0393. The molecule has 0 saturated carbocycles. The summed E-state index contributed by atoms with van der Waals surface area (Å²) < 4.78 is 45.6. The molecule has 2 heterocycles. The summed E-state index contributed by atoms with van der Waals surface area (Å²) in [4.78, 5) is 17.2. The van der Waals surface area contributed by atoms with Gasteiger partial charge in [0.15, 0.2) is 0 Å². The molecule has 0 radical (unpaired) electrons. The van der Waals surface area contributed by atoms with Crippen LogP contribution in [0.1, 0.15) is 11.3 Å². The first kappa shape index (κ1) is 22.5. The highest BCUT2D eigenvalue weighted by atomic mass is 32.2. The van der Waals surface area contributed by atoms with Crippen molar-refractivity contribution in [2.24, 2.45) is 0 Å². The molecule has 1 N–H and O–H groups in total. The lowest BCUT2D eigenvalue weighted by Gasteiger charge is -2.26. The van der Waals surface area contributed by atoms with E-state index in [0.717, 1.165) is 11.1 Å².